The SMILES string of the molecule is CN(Cc1cccnc1)C[C@@H]1CCCN(c2ccc(C(F)(F)F)cc2[N+](=O)[O-])C1. The molecule has 0 bridgehead atoms. The highest BCUT2D eigenvalue weighted by Gasteiger charge is 2.34. The van der Waals surface area contributed by atoms with Gasteiger partial charge in [-0.2, -0.15) is 13.2 Å². The third kappa shape index (κ3) is 5.44. The third-order valence-electron chi connectivity index (χ3n) is 5.10. The number of halogens is 3. The number of alkyl halides is 3. The van der Waals surface area contributed by atoms with Crippen molar-refractivity contribution in [2.75, 3.05) is 31.6 Å². The number of hydrogen-bond acceptors (Lipinski definition) is 5. The summed E-state index contributed by atoms with van der Waals surface area (Å²) in [6.45, 7) is 2.70. The molecule has 29 heavy (non-hydrogen) atoms. The fourth-order valence-electron chi connectivity index (χ4n) is 3.85. The molecule has 1 aromatic heterocycles. The van der Waals surface area contributed by atoms with Gasteiger partial charge in [0.05, 0.1) is 10.5 Å². The van der Waals surface area contributed by atoms with Crippen molar-refractivity contribution in [3.63, 3.8) is 0 Å². The first-order valence-electron chi connectivity index (χ1n) is 9.42. The normalized spacial score (nSPS) is 17.6. The molecule has 1 atom stereocenters. The third-order valence-corrected chi connectivity index (χ3v) is 5.10. The Morgan fingerprint density at radius 1 is 1.34 bits per heavy atom. The van der Waals surface area contributed by atoms with Crippen LogP contribution in [0, 0.1) is 16.0 Å². The molecule has 2 heterocycles. The highest BCUT2D eigenvalue weighted by atomic mass is 19.4. The number of nitro groups is 1. The van der Waals surface area contributed by atoms with Crippen molar-refractivity contribution in [2.24, 2.45) is 5.92 Å². The molecule has 1 fully saturated rings. The van der Waals surface area contributed by atoms with E-state index in [9.17, 15) is 23.3 Å². The lowest BCUT2D eigenvalue weighted by molar-refractivity contribution is -0.384. The first kappa shape index (κ1) is 21.0. The van der Waals surface area contributed by atoms with E-state index in [1.807, 2.05) is 30.3 Å². The summed E-state index contributed by atoms with van der Waals surface area (Å²) in [4.78, 5) is 18.8. The van der Waals surface area contributed by atoms with Crippen LogP contribution in [0.5, 0.6) is 0 Å². The number of pyridine rings is 1. The van der Waals surface area contributed by atoms with Gasteiger partial charge in [0.2, 0.25) is 0 Å². The average molecular weight is 408 g/mol. The molecule has 0 radical (unpaired) electrons. The van der Waals surface area contributed by atoms with Gasteiger partial charge in [0.1, 0.15) is 5.69 Å². The molecule has 0 aliphatic carbocycles. The number of aromatic nitrogens is 1. The second-order valence-corrected chi connectivity index (χ2v) is 7.47. The second-order valence-electron chi connectivity index (χ2n) is 7.47. The monoisotopic (exact) mass is 408 g/mol. The van der Waals surface area contributed by atoms with Gasteiger partial charge >= 0.3 is 6.18 Å². The molecule has 156 valence electrons. The number of benzene rings is 1. The van der Waals surface area contributed by atoms with E-state index in [2.05, 4.69) is 9.88 Å². The summed E-state index contributed by atoms with van der Waals surface area (Å²) in [5.41, 5.74) is -0.148. The molecule has 2 aromatic rings. The number of hydrogen-bond donors (Lipinski definition) is 0. The first-order chi connectivity index (χ1) is 13.7. The zero-order valence-electron chi connectivity index (χ0n) is 16.1. The predicted octanol–water partition coefficient (Wildman–Crippen LogP) is 4.36. The van der Waals surface area contributed by atoms with Crippen molar-refractivity contribution < 1.29 is 18.1 Å². The van der Waals surface area contributed by atoms with Crippen LogP contribution in [0.2, 0.25) is 0 Å². The number of piperidine rings is 1. The Hall–Kier alpha value is -2.68. The lowest BCUT2D eigenvalue weighted by Crippen LogP contribution is -2.40. The summed E-state index contributed by atoms with van der Waals surface area (Å²) in [6, 6.07) is 6.66. The zero-order chi connectivity index (χ0) is 21.0. The Morgan fingerprint density at radius 2 is 2.14 bits per heavy atom. The molecule has 0 spiro atoms. The summed E-state index contributed by atoms with van der Waals surface area (Å²) in [7, 11) is 2.01. The van der Waals surface area contributed by atoms with Crippen LogP contribution in [0.15, 0.2) is 42.7 Å². The van der Waals surface area contributed by atoms with E-state index in [1.54, 1.807) is 6.20 Å². The van der Waals surface area contributed by atoms with Gasteiger partial charge in [0.15, 0.2) is 0 Å². The summed E-state index contributed by atoms with van der Waals surface area (Å²) in [6.07, 6.45) is 0.739. The van der Waals surface area contributed by atoms with Crippen LogP contribution in [0.25, 0.3) is 0 Å². The van der Waals surface area contributed by atoms with Crippen molar-refractivity contribution in [3.05, 3.63) is 64.0 Å². The van der Waals surface area contributed by atoms with Gasteiger partial charge < -0.3 is 9.80 Å². The zero-order valence-corrected chi connectivity index (χ0v) is 16.1. The van der Waals surface area contributed by atoms with Crippen LogP contribution in [-0.4, -0.2) is 41.5 Å². The highest BCUT2D eigenvalue weighted by molar-refractivity contribution is 5.65. The van der Waals surface area contributed by atoms with Gasteiger partial charge in [-0.15, -0.1) is 0 Å². The number of nitrogens with zero attached hydrogens (tertiary/aromatic N) is 4. The van der Waals surface area contributed by atoms with Crippen LogP contribution in [-0.2, 0) is 12.7 Å². The molecule has 1 saturated heterocycles. The summed E-state index contributed by atoms with van der Waals surface area (Å²) < 4.78 is 38.8. The number of rotatable bonds is 6. The van der Waals surface area contributed by atoms with Crippen molar-refractivity contribution in [3.8, 4) is 0 Å². The van der Waals surface area contributed by atoms with Crippen molar-refractivity contribution in [2.45, 2.75) is 25.6 Å². The predicted molar refractivity (Wildman–Crippen MR) is 104 cm³/mol. The minimum atomic E-state index is -4.61. The molecule has 1 aliphatic rings. The maximum Gasteiger partial charge on any atom is 0.416 e. The molecule has 1 aromatic carbocycles. The summed E-state index contributed by atoms with van der Waals surface area (Å²) in [5.74, 6) is 0.271. The highest BCUT2D eigenvalue weighted by Crippen LogP contribution is 2.37. The molecule has 9 heteroatoms. The standard InChI is InChI=1S/C20H23F3N4O2/c1-25(12-15-4-2-8-24-11-15)13-16-5-3-9-26(14-16)18-7-6-17(20(21,22)23)10-19(18)27(28)29/h2,4,6-8,10-11,16H,3,5,9,12-14H2,1H3/t16-/m0/s1. The minimum absolute atomic E-state index is 0.252. The molecule has 6 nitrogen and oxygen atoms in total. The lowest BCUT2D eigenvalue weighted by Gasteiger charge is -2.36. The fraction of sp³-hybridized carbons (Fsp3) is 0.450. The summed E-state index contributed by atoms with van der Waals surface area (Å²) >= 11 is 0. The van der Waals surface area contributed by atoms with Gasteiger partial charge in [-0.3, -0.25) is 15.1 Å². The van der Waals surface area contributed by atoms with E-state index < -0.39 is 22.4 Å². The van der Waals surface area contributed by atoms with E-state index in [0.29, 0.717) is 19.2 Å². The van der Waals surface area contributed by atoms with E-state index in [-0.39, 0.29) is 11.6 Å². The Bertz CT molecular complexity index is 845. The van der Waals surface area contributed by atoms with Crippen LogP contribution in [0.4, 0.5) is 24.5 Å². The molecular weight excluding hydrogens is 385 g/mol. The Kier molecular flexibility index (Phi) is 6.36. The smallest absolute Gasteiger partial charge is 0.366 e. The van der Waals surface area contributed by atoms with Crippen molar-refractivity contribution in [1.82, 2.24) is 9.88 Å². The van der Waals surface area contributed by atoms with Crippen LogP contribution < -0.4 is 4.90 Å². The van der Waals surface area contributed by atoms with E-state index >= 15 is 0 Å². The molecule has 0 saturated carbocycles. The van der Waals surface area contributed by atoms with Gasteiger partial charge in [-0.1, -0.05) is 6.07 Å². The quantitative estimate of drug-likeness (QED) is 0.525. The molecule has 0 N–H and O–H groups in total. The van der Waals surface area contributed by atoms with Gasteiger partial charge in [-0.05, 0) is 49.6 Å². The van der Waals surface area contributed by atoms with Crippen molar-refractivity contribution in [1.29, 1.82) is 0 Å². The molecular formula is C20H23F3N4O2. The van der Waals surface area contributed by atoms with Crippen molar-refractivity contribution >= 4 is 11.4 Å². The Balaban J connectivity index is 1.71. The summed E-state index contributed by atoms with van der Waals surface area (Å²) in [5, 5.41) is 11.4. The fourth-order valence-corrected chi connectivity index (χ4v) is 3.85. The van der Waals surface area contributed by atoms with Gasteiger partial charge in [0.25, 0.3) is 5.69 Å². The Morgan fingerprint density at radius 3 is 2.79 bits per heavy atom. The second kappa shape index (κ2) is 8.77. The van der Waals surface area contributed by atoms with E-state index in [0.717, 1.165) is 37.6 Å². The van der Waals surface area contributed by atoms with Crippen LogP contribution in [0.1, 0.15) is 24.0 Å². The molecule has 1 aliphatic heterocycles. The van der Waals surface area contributed by atoms with Crippen LogP contribution >= 0.6 is 0 Å². The molecule has 3 rings (SSSR count). The molecule has 0 amide bonds. The topological polar surface area (TPSA) is 62.5 Å². The molecule has 0 unspecified atom stereocenters. The van der Waals surface area contributed by atoms with Crippen LogP contribution in [0.3, 0.4) is 0 Å². The number of anilines is 1. The maximum atomic E-state index is 12.9. The minimum Gasteiger partial charge on any atom is -0.366 e. The van der Waals surface area contributed by atoms with Gasteiger partial charge in [0, 0.05) is 44.6 Å². The van der Waals surface area contributed by atoms with E-state index in [4.69, 9.17) is 0 Å². The first-order valence-corrected chi connectivity index (χ1v) is 9.42. The maximum absolute atomic E-state index is 12.9. The lowest BCUT2D eigenvalue weighted by atomic mass is 9.96. The largest absolute Gasteiger partial charge is 0.416 e. The van der Waals surface area contributed by atoms with E-state index in [1.165, 1.54) is 6.07 Å². The van der Waals surface area contributed by atoms with Gasteiger partial charge in [-0.25, -0.2) is 0 Å². The Labute approximate surface area is 167 Å². The number of nitro benzene ring substituents is 1. The average Bonchev–Trinajstić information content (AvgIpc) is 2.67.